The number of hydrogen-bond acceptors (Lipinski definition) is 3. The maximum absolute atomic E-state index is 9.34. The average molecular weight is 244 g/mol. The topological polar surface area (TPSA) is 49.7 Å². The van der Waals surface area contributed by atoms with Crippen LogP contribution in [0.5, 0.6) is 0 Å². The van der Waals surface area contributed by atoms with Crippen molar-refractivity contribution in [2.75, 3.05) is 19.6 Å². The minimum absolute atomic E-state index is 0.0543. The fraction of sp³-hybridized carbons (Fsp3) is 1.00. The highest BCUT2D eigenvalue weighted by atomic mass is 28.4. The van der Waals surface area contributed by atoms with Crippen LogP contribution in [-0.4, -0.2) is 38.1 Å². The molecule has 0 saturated heterocycles. The molecule has 0 amide bonds. The van der Waals surface area contributed by atoms with Crippen LogP contribution in [0.25, 0.3) is 0 Å². The van der Waals surface area contributed by atoms with E-state index in [0.717, 1.165) is 30.2 Å². The Kier molecular flexibility index (Phi) is 4.05. The van der Waals surface area contributed by atoms with Crippen LogP contribution in [0.2, 0.25) is 6.04 Å². The van der Waals surface area contributed by atoms with Crippen LogP contribution in [0.15, 0.2) is 0 Å². The van der Waals surface area contributed by atoms with Crippen molar-refractivity contribution in [3.8, 4) is 0 Å². The molecule has 0 heterocycles. The largest absolute Gasteiger partial charge is 0.415 e. The monoisotopic (exact) mass is 244 g/mol. The molecule has 0 aromatic carbocycles. The maximum Gasteiger partial charge on any atom is 0.242 e. The lowest BCUT2D eigenvalue weighted by atomic mass is 9.87. The quantitative estimate of drug-likeness (QED) is 0.696. The Bertz CT molecular complexity index is 222. The SMILES string of the molecule is CO[Si](CO)(CO)CCC1CCC2CC2C1. The average Bonchev–Trinajstić information content (AvgIpc) is 3.10. The number of fused-ring (bicyclic) bond motifs is 1. The molecular formula is C12H24O3Si. The summed E-state index contributed by atoms with van der Waals surface area (Å²) in [5.41, 5.74) is 0. The van der Waals surface area contributed by atoms with Gasteiger partial charge in [0.1, 0.15) is 0 Å². The standard InChI is InChI=1S/C12H24O3Si/c1-15-16(8-13,9-14)5-4-10-2-3-11-7-12(11)6-10/h10-14H,2-9H2,1H3. The van der Waals surface area contributed by atoms with E-state index in [1.54, 1.807) is 7.11 Å². The van der Waals surface area contributed by atoms with Gasteiger partial charge >= 0.3 is 0 Å². The Morgan fingerprint density at radius 2 is 1.88 bits per heavy atom. The Morgan fingerprint density at radius 3 is 2.44 bits per heavy atom. The van der Waals surface area contributed by atoms with Crippen LogP contribution in [0, 0.1) is 17.8 Å². The Hall–Kier alpha value is 0.0969. The molecule has 0 spiro atoms. The van der Waals surface area contributed by atoms with Crippen molar-refractivity contribution in [1.82, 2.24) is 0 Å². The molecule has 2 fully saturated rings. The predicted molar refractivity (Wildman–Crippen MR) is 65.3 cm³/mol. The molecule has 2 saturated carbocycles. The molecule has 0 aromatic heterocycles. The highest BCUT2D eigenvalue weighted by Crippen LogP contribution is 2.52. The van der Waals surface area contributed by atoms with Crippen molar-refractivity contribution >= 4 is 8.32 Å². The van der Waals surface area contributed by atoms with Crippen molar-refractivity contribution < 1.29 is 14.6 Å². The van der Waals surface area contributed by atoms with Gasteiger partial charge in [-0.3, -0.25) is 0 Å². The van der Waals surface area contributed by atoms with Crippen molar-refractivity contribution in [1.29, 1.82) is 0 Å². The Balaban J connectivity index is 1.76. The van der Waals surface area contributed by atoms with E-state index < -0.39 is 8.32 Å². The van der Waals surface area contributed by atoms with Gasteiger partial charge in [0.05, 0.1) is 12.5 Å². The summed E-state index contributed by atoms with van der Waals surface area (Å²) < 4.78 is 5.40. The van der Waals surface area contributed by atoms with Crippen LogP contribution in [0.1, 0.15) is 32.1 Å². The molecule has 0 aromatic rings. The van der Waals surface area contributed by atoms with Crippen LogP contribution < -0.4 is 0 Å². The van der Waals surface area contributed by atoms with Gasteiger partial charge in [-0.15, -0.1) is 0 Å². The molecule has 2 aliphatic carbocycles. The normalized spacial score (nSPS) is 33.6. The number of hydrogen-bond donors (Lipinski definition) is 2. The molecule has 2 rings (SSSR count). The fourth-order valence-corrected chi connectivity index (χ4v) is 4.93. The summed E-state index contributed by atoms with van der Waals surface area (Å²) in [4.78, 5) is 0. The zero-order valence-corrected chi connectivity index (χ0v) is 11.2. The molecule has 2 aliphatic rings. The summed E-state index contributed by atoms with van der Waals surface area (Å²) >= 11 is 0. The molecule has 3 atom stereocenters. The minimum Gasteiger partial charge on any atom is -0.415 e. The highest BCUT2D eigenvalue weighted by Gasteiger charge is 2.42. The first-order valence-electron chi connectivity index (χ1n) is 6.50. The Morgan fingerprint density at radius 1 is 1.12 bits per heavy atom. The lowest BCUT2D eigenvalue weighted by Crippen LogP contribution is -2.46. The first kappa shape index (κ1) is 12.6. The molecule has 94 valence electrons. The fourth-order valence-electron chi connectivity index (χ4n) is 3.12. The van der Waals surface area contributed by atoms with Crippen LogP contribution in [0.3, 0.4) is 0 Å². The lowest BCUT2D eigenvalue weighted by molar-refractivity contribution is 0.246. The van der Waals surface area contributed by atoms with Gasteiger partial charge in [0, 0.05) is 7.11 Å². The third kappa shape index (κ3) is 2.67. The van der Waals surface area contributed by atoms with Gasteiger partial charge in [-0.25, -0.2) is 0 Å². The molecule has 3 nitrogen and oxygen atoms in total. The van der Waals surface area contributed by atoms with Gasteiger partial charge in [-0.2, -0.15) is 0 Å². The zero-order chi connectivity index (χ0) is 11.6. The van der Waals surface area contributed by atoms with Gasteiger partial charge in [-0.05, 0) is 43.1 Å². The van der Waals surface area contributed by atoms with Crippen molar-refractivity contribution in [3.05, 3.63) is 0 Å². The van der Waals surface area contributed by atoms with Crippen LogP contribution in [0.4, 0.5) is 0 Å². The maximum atomic E-state index is 9.34. The van der Waals surface area contributed by atoms with Crippen LogP contribution in [-0.2, 0) is 4.43 Å². The summed E-state index contributed by atoms with van der Waals surface area (Å²) in [6, 6.07) is 0.915. The molecule has 2 N–H and O–H groups in total. The van der Waals surface area contributed by atoms with Crippen molar-refractivity contribution in [2.45, 2.75) is 38.1 Å². The number of aliphatic hydroxyl groups excluding tert-OH is 2. The summed E-state index contributed by atoms with van der Waals surface area (Å²) in [5, 5.41) is 18.7. The lowest BCUT2D eigenvalue weighted by Gasteiger charge is -2.28. The van der Waals surface area contributed by atoms with E-state index in [0.29, 0.717) is 0 Å². The van der Waals surface area contributed by atoms with Gasteiger partial charge in [0.25, 0.3) is 0 Å². The molecule has 0 radical (unpaired) electrons. The summed E-state index contributed by atoms with van der Waals surface area (Å²) in [5.74, 6) is 2.89. The molecule has 16 heavy (non-hydrogen) atoms. The molecule has 0 aliphatic heterocycles. The third-order valence-electron chi connectivity index (χ3n) is 4.67. The first-order chi connectivity index (χ1) is 7.73. The second-order valence-corrected chi connectivity index (χ2v) is 9.58. The summed E-state index contributed by atoms with van der Waals surface area (Å²) in [6.07, 6.45) is 6.86. The molecule has 3 unspecified atom stereocenters. The van der Waals surface area contributed by atoms with E-state index in [-0.39, 0.29) is 12.5 Å². The molecular weight excluding hydrogens is 220 g/mol. The molecule has 0 bridgehead atoms. The third-order valence-corrected chi connectivity index (χ3v) is 7.89. The van der Waals surface area contributed by atoms with E-state index in [1.807, 2.05) is 0 Å². The minimum atomic E-state index is -2.20. The second-order valence-electron chi connectivity index (χ2n) is 5.68. The van der Waals surface area contributed by atoms with Crippen molar-refractivity contribution in [2.24, 2.45) is 17.8 Å². The number of aliphatic hydroxyl groups is 2. The van der Waals surface area contributed by atoms with Crippen LogP contribution >= 0.6 is 0 Å². The molecule has 4 heteroatoms. The van der Waals surface area contributed by atoms with Crippen molar-refractivity contribution in [3.63, 3.8) is 0 Å². The first-order valence-corrected chi connectivity index (χ1v) is 9.03. The van der Waals surface area contributed by atoms with E-state index in [2.05, 4.69) is 0 Å². The van der Waals surface area contributed by atoms with Gasteiger partial charge in [-0.1, -0.05) is 12.8 Å². The van der Waals surface area contributed by atoms with Gasteiger partial charge in [0.15, 0.2) is 0 Å². The second kappa shape index (κ2) is 5.17. The van der Waals surface area contributed by atoms with Gasteiger partial charge in [0.2, 0.25) is 8.32 Å². The van der Waals surface area contributed by atoms with E-state index in [9.17, 15) is 10.2 Å². The van der Waals surface area contributed by atoms with E-state index >= 15 is 0 Å². The zero-order valence-electron chi connectivity index (χ0n) is 10.2. The summed E-state index contributed by atoms with van der Waals surface area (Å²) in [7, 11) is -0.563. The van der Waals surface area contributed by atoms with Gasteiger partial charge < -0.3 is 14.6 Å². The van der Waals surface area contributed by atoms with E-state index in [4.69, 9.17) is 4.43 Å². The number of rotatable bonds is 6. The van der Waals surface area contributed by atoms with E-state index in [1.165, 1.54) is 25.7 Å². The highest BCUT2D eigenvalue weighted by molar-refractivity contribution is 6.73. The smallest absolute Gasteiger partial charge is 0.242 e. The predicted octanol–water partition coefficient (Wildman–Crippen LogP) is 1.47. The summed E-state index contributed by atoms with van der Waals surface area (Å²) in [6.45, 7) is 0. The Labute approximate surface area is 98.9 Å².